The van der Waals surface area contributed by atoms with Gasteiger partial charge in [0, 0.05) is 17.6 Å². The van der Waals surface area contributed by atoms with Crippen LogP contribution in [0, 0.1) is 5.82 Å². The van der Waals surface area contributed by atoms with Crippen LogP contribution in [0.3, 0.4) is 0 Å². The van der Waals surface area contributed by atoms with Gasteiger partial charge in [-0.3, -0.25) is 4.90 Å². The second-order valence-corrected chi connectivity index (χ2v) is 10.9. The summed E-state index contributed by atoms with van der Waals surface area (Å²) in [7, 11) is 0. The standard InChI is InChI=1S/C24H29ClFN9/c1-24(2)11-15(8-16-4-3-7-34(16)24)29-22-18(25)12-27-23(31-22)30-20-10-21(35-13-28-32-33-35)17(9-19(20)26)14-5-6-14/h9-10,12-16H,3-8,11H2,1-2H3,(H2,27,29,30,31). The van der Waals surface area contributed by atoms with E-state index in [1.807, 2.05) is 0 Å². The van der Waals surface area contributed by atoms with Crippen LogP contribution in [0.15, 0.2) is 24.7 Å². The van der Waals surface area contributed by atoms with Crippen LogP contribution in [-0.2, 0) is 0 Å². The van der Waals surface area contributed by atoms with Gasteiger partial charge in [-0.25, -0.2) is 14.1 Å². The zero-order valence-corrected chi connectivity index (χ0v) is 20.6. The second kappa shape index (κ2) is 8.67. The number of anilines is 3. The van der Waals surface area contributed by atoms with Gasteiger partial charge < -0.3 is 10.6 Å². The first kappa shape index (κ1) is 22.6. The number of fused-ring (bicyclic) bond motifs is 1. The molecule has 2 atom stereocenters. The minimum Gasteiger partial charge on any atom is -0.366 e. The Labute approximate surface area is 208 Å². The van der Waals surface area contributed by atoms with Crippen LogP contribution in [0.1, 0.15) is 63.9 Å². The Morgan fingerprint density at radius 3 is 2.83 bits per heavy atom. The molecule has 2 unspecified atom stereocenters. The first-order chi connectivity index (χ1) is 16.9. The lowest BCUT2D eigenvalue weighted by Crippen LogP contribution is -2.55. The molecule has 2 aliphatic heterocycles. The Kier molecular flexibility index (Phi) is 5.60. The number of halogens is 2. The third-order valence-electron chi connectivity index (χ3n) is 7.52. The van der Waals surface area contributed by atoms with Crippen molar-refractivity contribution in [2.24, 2.45) is 0 Å². The topological polar surface area (TPSA) is 96.7 Å². The lowest BCUT2D eigenvalue weighted by Gasteiger charge is -2.47. The molecule has 0 spiro atoms. The molecular weight excluding hydrogens is 469 g/mol. The zero-order valence-electron chi connectivity index (χ0n) is 19.9. The van der Waals surface area contributed by atoms with E-state index in [1.165, 1.54) is 25.7 Å². The molecule has 184 valence electrons. The summed E-state index contributed by atoms with van der Waals surface area (Å²) in [6.07, 6.45) is 9.67. The summed E-state index contributed by atoms with van der Waals surface area (Å²) in [5.41, 5.74) is 2.03. The van der Waals surface area contributed by atoms with Gasteiger partial charge >= 0.3 is 0 Å². The lowest BCUT2D eigenvalue weighted by molar-refractivity contribution is 0.0501. The smallest absolute Gasteiger partial charge is 0.229 e. The molecule has 11 heteroatoms. The van der Waals surface area contributed by atoms with Crippen molar-refractivity contribution in [1.29, 1.82) is 0 Å². The summed E-state index contributed by atoms with van der Waals surface area (Å²) in [5.74, 6) is 0.797. The van der Waals surface area contributed by atoms with E-state index in [1.54, 1.807) is 23.0 Å². The summed E-state index contributed by atoms with van der Waals surface area (Å²) in [6, 6.07) is 4.11. The van der Waals surface area contributed by atoms with Gasteiger partial charge in [0.05, 0.1) is 17.6 Å². The maximum Gasteiger partial charge on any atom is 0.229 e. The fourth-order valence-electron chi connectivity index (χ4n) is 5.83. The van der Waals surface area contributed by atoms with E-state index in [2.05, 4.69) is 54.9 Å². The van der Waals surface area contributed by atoms with Crippen molar-refractivity contribution in [1.82, 2.24) is 35.1 Å². The maximum atomic E-state index is 15.1. The molecule has 9 nitrogen and oxygen atoms in total. The molecule has 0 radical (unpaired) electrons. The maximum absolute atomic E-state index is 15.1. The highest BCUT2D eigenvalue weighted by molar-refractivity contribution is 6.32. The Morgan fingerprint density at radius 1 is 1.20 bits per heavy atom. The molecule has 35 heavy (non-hydrogen) atoms. The van der Waals surface area contributed by atoms with Crippen molar-refractivity contribution < 1.29 is 4.39 Å². The first-order valence-electron chi connectivity index (χ1n) is 12.3. The monoisotopic (exact) mass is 497 g/mol. The number of hydrogen-bond acceptors (Lipinski definition) is 8. The number of benzene rings is 1. The van der Waals surface area contributed by atoms with Crippen molar-refractivity contribution >= 4 is 29.1 Å². The predicted molar refractivity (Wildman–Crippen MR) is 132 cm³/mol. The van der Waals surface area contributed by atoms with Gasteiger partial charge in [-0.15, -0.1) is 5.10 Å². The van der Waals surface area contributed by atoms with E-state index in [4.69, 9.17) is 11.6 Å². The van der Waals surface area contributed by atoms with Gasteiger partial charge in [-0.05, 0) is 93.0 Å². The van der Waals surface area contributed by atoms with Crippen LogP contribution in [0.2, 0.25) is 5.02 Å². The Morgan fingerprint density at radius 2 is 2.06 bits per heavy atom. The molecular formula is C24H29ClFN9. The van der Waals surface area contributed by atoms with E-state index in [0.29, 0.717) is 22.8 Å². The number of hydrogen-bond donors (Lipinski definition) is 2. The van der Waals surface area contributed by atoms with E-state index in [0.717, 1.165) is 36.9 Å². The Hall–Kier alpha value is -2.85. The summed E-state index contributed by atoms with van der Waals surface area (Å²) in [6.45, 7) is 5.79. The van der Waals surface area contributed by atoms with Crippen molar-refractivity contribution in [2.75, 3.05) is 17.2 Å². The molecule has 3 aliphatic rings. The predicted octanol–water partition coefficient (Wildman–Crippen LogP) is 4.68. The van der Waals surface area contributed by atoms with Gasteiger partial charge in [0.1, 0.15) is 17.2 Å². The zero-order chi connectivity index (χ0) is 24.2. The van der Waals surface area contributed by atoms with Crippen LogP contribution in [-0.4, -0.2) is 59.2 Å². The van der Waals surface area contributed by atoms with Gasteiger partial charge in [0.15, 0.2) is 5.82 Å². The molecule has 2 saturated heterocycles. The van der Waals surface area contributed by atoms with Crippen molar-refractivity contribution in [3.63, 3.8) is 0 Å². The molecule has 1 aromatic carbocycles. The average molecular weight is 498 g/mol. The fraction of sp³-hybridized carbons (Fsp3) is 0.542. The molecule has 2 N–H and O–H groups in total. The highest BCUT2D eigenvalue weighted by atomic mass is 35.5. The number of piperidine rings is 1. The number of nitrogens with one attached hydrogen (secondary N) is 2. The Balaban J connectivity index is 1.25. The van der Waals surface area contributed by atoms with E-state index >= 15 is 4.39 Å². The van der Waals surface area contributed by atoms with Crippen LogP contribution >= 0.6 is 11.6 Å². The highest BCUT2D eigenvalue weighted by Gasteiger charge is 2.43. The summed E-state index contributed by atoms with van der Waals surface area (Å²) in [5, 5.41) is 18.5. The third kappa shape index (κ3) is 4.45. The molecule has 6 rings (SSSR count). The SMILES string of the molecule is CC1(C)CC(Nc2nc(Nc3cc(-n4cnnn4)c(C4CC4)cc3F)ncc2Cl)CC2CCCN21. The van der Waals surface area contributed by atoms with E-state index in [9.17, 15) is 0 Å². The minimum atomic E-state index is -0.368. The molecule has 1 saturated carbocycles. The summed E-state index contributed by atoms with van der Waals surface area (Å²) >= 11 is 6.46. The molecule has 4 heterocycles. The van der Waals surface area contributed by atoms with Crippen molar-refractivity contribution in [3.05, 3.63) is 41.1 Å². The number of rotatable bonds is 6. The highest BCUT2D eigenvalue weighted by Crippen LogP contribution is 2.44. The molecule has 2 aromatic heterocycles. The van der Waals surface area contributed by atoms with Gasteiger partial charge in [0.2, 0.25) is 5.95 Å². The van der Waals surface area contributed by atoms with Crippen LogP contribution in [0.25, 0.3) is 5.69 Å². The molecule has 0 bridgehead atoms. The quantitative estimate of drug-likeness (QED) is 0.506. The molecule has 3 fully saturated rings. The second-order valence-electron chi connectivity index (χ2n) is 10.5. The van der Waals surface area contributed by atoms with Crippen molar-refractivity contribution in [2.45, 2.75) is 75.9 Å². The number of nitrogens with zero attached hydrogens (tertiary/aromatic N) is 7. The minimum absolute atomic E-state index is 0.122. The number of tetrazole rings is 1. The summed E-state index contributed by atoms with van der Waals surface area (Å²) in [4.78, 5) is 11.5. The molecule has 0 amide bonds. The van der Waals surface area contributed by atoms with Crippen LogP contribution in [0.5, 0.6) is 0 Å². The normalized spacial score (nSPS) is 23.8. The average Bonchev–Trinajstić information content (AvgIpc) is 3.28. The van der Waals surface area contributed by atoms with E-state index < -0.39 is 0 Å². The molecule has 3 aromatic rings. The first-order valence-corrected chi connectivity index (χ1v) is 12.6. The number of aromatic nitrogens is 6. The Bertz CT molecular complexity index is 1230. The van der Waals surface area contributed by atoms with Crippen LogP contribution in [0.4, 0.5) is 21.8 Å². The summed E-state index contributed by atoms with van der Waals surface area (Å²) < 4.78 is 16.6. The fourth-order valence-corrected chi connectivity index (χ4v) is 5.97. The van der Waals surface area contributed by atoms with Gasteiger partial charge in [-0.2, -0.15) is 4.98 Å². The van der Waals surface area contributed by atoms with E-state index in [-0.39, 0.29) is 29.0 Å². The molecule has 1 aliphatic carbocycles. The van der Waals surface area contributed by atoms with Gasteiger partial charge in [-0.1, -0.05) is 11.6 Å². The van der Waals surface area contributed by atoms with Crippen molar-refractivity contribution in [3.8, 4) is 5.69 Å². The third-order valence-corrected chi connectivity index (χ3v) is 7.79. The largest absolute Gasteiger partial charge is 0.366 e. The lowest BCUT2D eigenvalue weighted by atomic mass is 9.84. The van der Waals surface area contributed by atoms with Crippen LogP contribution < -0.4 is 10.6 Å². The van der Waals surface area contributed by atoms with Gasteiger partial charge in [0.25, 0.3) is 0 Å².